The number of hydrogen-bond donors (Lipinski definition) is 2. The van der Waals surface area contributed by atoms with E-state index in [1.807, 2.05) is 42.2 Å². The van der Waals surface area contributed by atoms with Gasteiger partial charge in [-0.05, 0) is 31.2 Å². The Bertz CT molecular complexity index is 1100. The lowest BCUT2D eigenvalue weighted by Crippen LogP contribution is -2.67. The minimum atomic E-state index is -3.79. The zero-order valence-corrected chi connectivity index (χ0v) is 21.7. The van der Waals surface area contributed by atoms with E-state index in [4.69, 9.17) is 11.0 Å². The van der Waals surface area contributed by atoms with Crippen molar-refractivity contribution >= 4 is 28.3 Å². The molecule has 3 N–H and O–H groups in total. The van der Waals surface area contributed by atoms with E-state index in [1.54, 1.807) is 12.5 Å². The highest BCUT2D eigenvalue weighted by atomic mass is 32.2. The number of benzene rings is 1. The van der Waals surface area contributed by atoms with Crippen LogP contribution in [0.15, 0.2) is 35.4 Å². The standard InChI is InChI=1S/C24H35N7O4S/c1-19-7-6-14-31(19,24(26)33)23(32)22(15-20-8-4-3-5-9-20)30(36(2,34)35)16-21-10-12-29(13-11-21)18-28-27-17-25/h3-5,8-9,18-19,21-22,27H,6-7,10-16H2,1-2H3,(H-,26,33)/p+1/t19-,22-,31?/m1/s1. The fourth-order valence-electron chi connectivity index (χ4n) is 5.39. The van der Waals surface area contributed by atoms with Gasteiger partial charge in [-0.3, -0.25) is 0 Å². The van der Waals surface area contributed by atoms with Crippen LogP contribution in [0.2, 0.25) is 0 Å². The number of carbonyl (C=O) groups is 2. The number of sulfonamides is 1. The van der Waals surface area contributed by atoms with Crippen molar-refractivity contribution in [2.75, 3.05) is 32.4 Å². The average Bonchev–Trinajstić information content (AvgIpc) is 3.24. The van der Waals surface area contributed by atoms with Crippen LogP contribution in [0.4, 0.5) is 4.79 Å². The van der Waals surface area contributed by atoms with Crippen LogP contribution in [0.25, 0.3) is 0 Å². The number of amides is 3. The Hall–Kier alpha value is -3.01. The van der Waals surface area contributed by atoms with Crippen LogP contribution in [0.3, 0.4) is 0 Å². The van der Waals surface area contributed by atoms with Crippen molar-refractivity contribution in [2.24, 2.45) is 16.8 Å². The molecule has 0 bridgehead atoms. The van der Waals surface area contributed by atoms with Crippen molar-refractivity contribution in [3.8, 4) is 6.19 Å². The van der Waals surface area contributed by atoms with Gasteiger partial charge in [0.05, 0.1) is 12.8 Å². The van der Waals surface area contributed by atoms with E-state index in [0.29, 0.717) is 38.8 Å². The summed E-state index contributed by atoms with van der Waals surface area (Å²) in [4.78, 5) is 28.8. The molecule has 1 aromatic carbocycles. The Morgan fingerprint density at radius 3 is 2.50 bits per heavy atom. The maximum Gasteiger partial charge on any atom is 0.421 e. The smallest absolute Gasteiger partial charge is 0.361 e. The predicted molar refractivity (Wildman–Crippen MR) is 135 cm³/mol. The highest BCUT2D eigenvalue weighted by Crippen LogP contribution is 2.31. The molecule has 36 heavy (non-hydrogen) atoms. The number of nitrogens with two attached hydrogens (primary N) is 1. The summed E-state index contributed by atoms with van der Waals surface area (Å²) < 4.78 is 27.0. The number of primary amides is 1. The van der Waals surface area contributed by atoms with Gasteiger partial charge < -0.3 is 10.6 Å². The summed E-state index contributed by atoms with van der Waals surface area (Å²) in [7, 11) is -3.79. The number of carbonyl (C=O) groups excluding carboxylic acids is 2. The van der Waals surface area contributed by atoms with Crippen molar-refractivity contribution in [3.63, 3.8) is 0 Å². The zero-order chi connectivity index (χ0) is 26.3. The summed E-state index contributed by atoms with van der Waals surface area (Å²) in [6, 6.07) is 7.18. The number of imide groups is 1. The highest BCUT2D eigenvalue weighted by Gasteiger charge is 2.55. The molecular formula is C24H36N7O4S+. The normalized spacial score (nSPS) is 24.1. The topological polar surface area (TPSA) is 149 Å². The van der Waals surface area contributed by atoms with E-state index >= 15 is 0 Å². The molecule has 2 heterocycles. The highest BCUT2D eigenvalue weighted by molar-refractivity contribution is 7.88. The second kappa shape index (κ2) is 11.8. The van der Waals surface area contributed by atoms with Crippen LogP contribution in [-0.4, -0.2) is 84.9 Å². The van der Waals surface area contributed by atoms with Crippen LogP contribution in [0.5, 0.6) is 0 Å². The predicted octanol–water partition coefficient (Wildman–Crippen LogP) is 1.19. The molecule has 12 heteroatoms. The van der Waals surface area contributed by atoms with Gasteiger partial charge in [0, 0.05) is 38.9 Å². The summed E-state index contributed by atoms with van der Waals surface area (Å²) in [6.45, 7) is 3.59. The molecule has 1 aromatic rings. The Kier molecular flexibility index (Phi) is 9.05. The largest absolute Gasteiger partial charge is 0.421 e. The number of nitrogens with one attached hydrogen (secondary N) is 1. The molecule has 11 nitrogen and oxygen atoms in total. The molecule has 1 unspecified atom stereocenters. The molecule has 0 radical (unpaired) electrons. The molecule has 0 aromatic heterocycles. The Labute approximate surface area is 213 Å². The lowest BCUT2D eigenvalue weighted by molar-refractivity contribution is -0.784. The first-order valence-corrected chi connectivity index (χ1v) is 14.1. The van der Waals surface area contributed by atoms with E-state index in [2.05, 4.69) is 10.5 Å². The van der Waals surface area contributed by atoms with Crippen LogP contribution < -0.4 is 11.2 Å². The van der Waals surface area contributed by atoms with Gasteiger partial charge in [-0.25, -0.2) is 23.4 Å². The van der Waals surface area contributed by atoms with Crippen LogP contribution >= 0.6 is 0 Å². The van der Waals surface area contributed by atoms with E-state index < -0.39 is 32.5 Å². The molecule has 3 amide bonds. The monoisotopic (exact) mass is 518 g/mol. The van der Waals surface area contributed by atoms with Crippen LogP contribution in [-0.2, 0) is 21.2 Å². The van der Waals surface area contributed by atoms with Crippen LogP contribution in [0.1, 0.15) is 38.2 Å². The Morgan fingerprint density at radius 2 is 1.97 bits per heavy atom. The van der Waals surface area contributed by atoms with E-state index in [1.165, 1.54) is 4.31 Å². The molecule has 2 fully saturated rings. The molecule has 0 saturated carbocycles. The molecule has 3 rings (SSSR count). The van der Waals surface area contributed by atoms with E-state index in [0.717, 1.165) is 11.8 Å². The number of likely N-dealkylation sites (tertiary alicyclic amines) is 2. The van der Waals surface area contributed by atoms with Gasteiger partial charge in [0.2, 0.25) is 10.0 Å². The maximum absolute atomic E-state index is 14.2. The Balaban J connectivity index is 1.90. The number of urea groups is 1. The average molecular weight is 519 g/mol. The van der Waals surface area contributed by atoms with Gasteiger partial charge in [0.15, 0.2) is 6.19 Å². The second-order valence-corrected chi connectivity index (χ2v) is 11.7. The lowest BCUT2D eigenvalue weighted by atomic mass is 9.95. The third kappa shape index (κ3) is 6.21. The molecule has 3 atom stereocenters. The fourth-order valence-corrected chi connectivity index (χ4v) is 6.50. The van der Waals surface area contributed by atoms with Crippen molar-refractivity contribution in [1.82, 2.24) is 14.6 Å². The Morgan fingerprint density at radius 1 is 1.31 bits per heavy atom. The molecule has 0 aliphatic carbocycles. The van der Waals surface area contributed by atoms with Crippen LogP contribution in [0, 0.1) is 17.4 Å². The van der Waals surface area contributed by atoms with E-state index in [9.17, 15) is 18.0 Å². The van der Waals surface area contributed by atoms with Crippen molar-refractivity contribution in [1.29, 1.82) is 5.26 Å². The summed E-state index contributed by atoms with van der Waals surface area (Å²) in [5.41, 5.74) is 8.85. The van der Waals surface area contributed by atoms with Gasteiger partial charge in [-0.2, -0.15) is 19.2 Å². The van der Waals surface area contributed by atoms with Crippen molar-refractivity contribution in [3.05, 3.63) is 35.9 Å². The zero-order valence-electron chi connectivity index (χ0n) is 20.9. The first kappa shape index (κ1) is 27.6. The van der Waals surface area contributed by atoms with Gasteiger partial charge in [0.25, 0.3) is 0 Å². The van der Waals surface area contributed by atoms with Gasteiger partial charge >= 0.3 is 11.9 Å². The number of piperidine rings is 1. The number of rotatable bonds is 9. The second-order valence-electron chi connectivity index (χ2n) is 9.75. The van der Waals surface area contributed by atoms with Crippen molar-refractivity contribution < 1.29 is 22.5 Å². The number of nitriles is 1. The third-order valence-electron chi connectivity index (χ3n) is 7.43. The molecule has 196 valence electrons. The summed E-state index contributed by atoms with van der Waals surface area (Å²) >= 11 is 0. The third-order valence-corrected chi connectivity index (χ3v) is 8.68. The van der Waals surface area contributed by atoms with Gasteiger partial charge in [-0.15, -0.1) is 0 Å². The van der Waals surface area contributed by atoms with Gasteiger partial charge in [0.1, 0.15) is 18.4 Å². The summed E-state index contributed by atoms with van der Waals surface area (Å²) in [5.74, 6) is -0.425. The minimum absolute atomic E-state index is 0.0254. The molecule has 2 aliphatic rings. The summed E-state index contributed by atoms with van der Waals surface area (Å²) in [5, 5.41) is 12.4. The molecule has 2 aliphatic heterocycles. The van der Waals surface area contributed by atoms with Crippen molar-refractivity contribution in [2.45, 2.75) is 51.1 Å². The van der Waals surface area contributed by atoms with E-state index in [-0.39, 0.29) is 31.5 Å². The quantitative estimate of drug-likeness (QED) is 0.125. The molecular weight excluding hydrogens is 482 g/mol. The SMILES string of the molecule is C[C@@H]1CCC[N+]1(C(N)=O)C(=O)[C@@H](Cc1ccccc1)N(CC1CCN(C=NNC#N)CC1)S(C)(=O)=O. The number of hydrazone groups is 1. The molecule has 0 spiro atoms. The number of nitrogens with zero attached hydrogens (tertiary/aromatic N) is 5. The minimum Gasteiger partial charge on any atom is -0.361 e. The molecule has 2 saturated heterocycles. The summed E-state index contributed by atoms with van der Waals surface area (Å²) in [6.07, 6.45) is 7.31. The number of hydrogen-bond acceptors (Lipinski definition) is 7. The van der Waals surface area contributed by atoms with Gasteiger partial charge in [-0.1, -0.05) is 30.3 Å². The number of quaternary nitrogens is 1. The maximum atomic E-state index is 14.2. The fraction of sp³-hybridized carbons (Fsp3) is 0.583. The first-order chi connectivity index (χ1) is 17.1. The first-order valence-electron chi connectivity index (χ1n) is 12.2. The lowest BCUT2D eigenvalue weighted by Gasteiger charge is -2.39.